The van der Waals surface area contributed by atoms with E-state index in [0.717, 1.165) is 12.8 Å². The van der Waals surface area contributed by atoms with E-state index >= 15 is 0 Å². The van der Waals surface area contributed by atoms with Crippen molar-refractivity contribution >= 4 is 24.3 Å². The molecule has 4 nitrogen and oxygen atoms in total. The molecule has 0 saturated carbocycles. The summed E-state index contributed by atoms with van der Waals surface area (Å²) in [6, 6.07) is 0. The Bertz CT molecular complexity index is 298. The highest BCUT2D eigenvalue weighted by Crippen LogP contribution is 2.49. The highest BCUT2D eigenvalue weighted by molar-refractivity contribution is 8.10. The molecule has 6 heteroatoms. The van der Waals surface area contributed by atoms with Gasteiger partial charge in [0.05, 0.1) is 0 Å². The van der Waals surface area contributed by atoms with Crippen LogP contribution in [0.2, 0.25) is 0 Å². The van der Waals surface area contributed by atoms with E-state index in [-0.39, 0.29) is 0 Å². The van der Waals surface area contributed by atoms with Crippen molar-refractivity contribution in [2.24, 2.45) is 0 Å². The van der Waals surface area contributed by atoms with E-state index in [1.165, 1.54) is 7.11 Å². The molecule has 0 aromatic heterocycles. The van der Waals surface area contributed by atoms with Crippen molar-refractivity contribution in [3.63, 3.8) is 0 Å². The largest absolute Gasteiger partial charge is 0.459 e. The first-order valence-corrected chi connectivity index (χ1v) is 8.49. The number of unbranched alkanes of at least 4 members (excludes halogenated alkanes) is 1. The van der Waals surface area contributed by atoms with Gasteiger partial charge in [0.15, 0.2) is 6.49 Å². The second kappa shape index (κ2) is 6.83. The van der Waals surface area contributed by atoms with Gasteiger partial charge in [0.2, 0.25) is 0 Å². The van der Waals surface area contributed by atoms with Gasteiger partial charge in [0.1, 0.15) is 11.3 Å². The lowest BCUT2D eigenvalue weighted by Gasteiger charge is -2.27. The molecule has 0 aromatic rings. The summed E-state index contributed by atoms with van der Waals surface area (Å²) in [5, 5.41) is 0. The Morgan fingerprint density at radius 2 is 2.00 bits per heavy atom. The lowest BCUT2D eigenvalue weighted by atomic mass is 10.1. The maximum atomic E-state index is 12.0. The predicted octanol–water partition coefficient (Wildman–Crippen LogP) is 2.84. The predicted molar refractivity (Wildman–Crippen MR) is 72.7 cm³/mol. The smallest absolute Gasteiger partial charge is 0.319 e. The van der Waals surface area contributed by atoms with Gasteiger partial charge in [-0.2, -0.15) is 0 Å². The Labute approximate surface area is 109 Å². The molecule has 0 heterocycles. The van der Waals surface area contributed by atoms with Gasteiger partial charge in [-0.05, 0) is 39.0 Å². The van der Waals surface area contributed by atoms with Crippen LogP contribution in [-0.4, -0.2) is 29.2 Å². The van der Waals surface area contributed by atoms with Crippen LogP contribution in [-0.2, 0) is 25.9 Å². The quantitative estimate of drug-likeness (QED) is 0.599. The van der Waals surface area contributed by atoms with Crippen molar-refractivity contribution in [3.8, 4) is 0 Å². The van der Waals surface area contributed by atoms with E-state index in [0.29, 0.717) is 6.42 Å². The number of carbonyl (C=O) groups excluding carboxylic acids is 1. The van der Waals surface area contributed by atoms with Crippen LogP contribution in [0.4, 0.5) is 0 Å². The number of carbonyl (C=O) groups is 1. The highest BCUT2D eigenvalue weighted by atomic mass is 32.5. The molecule has 0 aromatic carbocycles. The van der Waals surface area contributed by atoms with Crippen LogP contribution in [0, 0.1) is 0 Å². The number of rotatable bonds is 6. The van der Waals surface area contributed by atoms with Crippen LogP contribution >= 0.6 is 6.49 Å². The van der Waals surface area contributed by atoms with Crippen LogP contribution in [0.15, 0.2) is 0 Å². The summed E-state index contributed by atoms with van der Waals surface area (Å²) >= 11 is 4.99. The third-order valence-electron chi connectivity index (χ3n) is 2.17. The van der Waals surface area contributed by atoms with E-state index in [4.69, 9.17) is 21.1 Å². The van der Waals surface area contributed by atoms with Gasteiger partial charge in [-0.25, -0.2) is 0 Å². The molecule has 0 radical (unpaired) electrons. The molecule has 102 valence electrons. The van der Waals surface area contributed by atoms with Crippen LogP contribution in [0.5, 0.6) is 0 Å². The topological polar surface area (TPSA) is 55.8 Å². The van der Waals surface area contributed by atoms with E-state index in [1.54, 1.807) is 20.8 Å². The van der Waals surface area contributed by atoms with Crippen LogP contribution < -0.4 is 0 Å². The Balaban J connectivity index is 4.81. The SMILES string of the molecule is CCCCC(C(=O)OC(C)(C)C)P(O)(=S)OC. The highest BCUT2D eigenvalue weighted by Gasteiger charge is 2.36. The number of esters is 1. The lowest BCUT2D eigenvalue weighted by Crippen LogP contribution is -2.32. The van der Waals surface area contributed by atoms with Gasteiger partial charge in [-0.1, -0.05) is 19.8 Å². The van der Waals surface area contributed by atoms with Crippen LogP contribution in [0.25, 0.3) is 0 Å². The Hall–Kier alpha value is 0.0400. The van der Waals surface area contributed by atoms with Crippen molar-refractivity contribution in [3.05, 3.63) is 0 Å². The van der Waals surface area contributed by atoms with Crippen LogP contribution in [0.3, 0.4) is 0 Å². The van der Waals surface area contributed by atoms with E-state index in [9.17, 15) is 9.69 Å². The van der Waals surface area contributed by atoms with Gasteiger partial charge >= 0.3 is 5.97 Å². The third-order valence-corrected chi connectivity index (χ3v) is 5.16. The van der Waals surface area contributed by atoms with Crippen LogP contribution in [0.1, 0.15) is 47.0 Å². The second-order valence-corrected chi connectivity index (χ2v) is 8.62. The third kappa shape index (κ3) is 6.51. The molecule has 0 spiro atoms. The summed E-state index contributed by atoms with van der Waals surface area (Å²) in [4.78, 5) is 21.9. The summed E-state index contributed by atoms with van der Waals surface area (Å²) in [6.07, 6.45) is 2.25. The van der Waals surface area contributed by atoms with E-state index in [1.807, 2.05) is 6.92 Å². The summed E-state index contributed by atoms with van der Waals surface area (Å²) in [7, 11) is 1.34. The van der Waals surface area contributed by atoms with Gasteiger partial charge in [0, 0.05) is 7.11 Å². The molecule has 0 rings (SSSR count). The van der Waals surface area contributed by atoms with Gasteiger partial charge < -0.3 is 14.2 Å². The van der Waals surface area contributed by atoms with Crippen molar-refractivity contribution in [2.45, 2.75) is 58.2 Å². The minimum Gasteiger partial charge on any atom is -0.459 e. The summed E-state index contributed by atoms with van der Waals surface area (Å²) < 4.78 is 10.2. The zero-order chi connectivity index (χ0) is 13.7. The molecular formula is C11H23O4PS. The number of hydrogen-bond donors (Lipinski definition) is 1. The van der Waals surface area contributed by atoms with Crippen molar-refractivity contribution in [2.75, 3.05) is 7.11 Å². The molecule has 0 aliphatic rings. The molecule has 2 atom stereocenters. The fraction of sp³-hybridized carbons (Fsp3) is 0.909. The fourth-order valence-electron chi connectivity index (χ4n) is 1.31. The molecule has 0 amide bonds. The lowest BCUT2D eigenvalue weighted by molar-refractivity contribution is -0.154. The van der Waals surface area contributed by atoms with Crippen molar-refractivity contribution in [1.29, 1.82) is 0 Å². The zero-order valence-electron chi connectivity index (χ0n) is 11.2. The summed E-state index contributed by atoms with van der Waals surface area (Å²) in [6.45, 7) is 4.28. The molecule has 0 aliphatic carbocycles. The van der Waals surface area contributed by atoms with Gasteiger partial charge in [-0.15, -0.1) is 0 Å². The molecule has 17 heavy (non-hydrogen) atoms. The first-order chi connectivity index (χ1) is 7.64. The average Bonchev–Trinajstić information content (AvgIpc) is 2.15. The maximum absolute atomic E-state index is 12.0. The Kier molecular flexibility index (Phi) is 6.85. The Morgan fingerprint density at radius 3 is 2.35 bits per heavy atom. The molecule has 0 bridgehead atoms. The minimum atomic E-state index is -3.10. The standard InChI is InChI=1S/C11H23O4PS/c1-6-7-8-9(16(13,17)14-5)10(12)15-11(2,3)4/h9H,6-8H2,1-5H3,(H,13,17). The van der Waals surface area contributed by atoms with Crippen molar-refractivity contribution in [1.82, 2.24) is 0 Å². The van der Waals surface area contributed by atoms with Crippen molar-refractivity contribution < 1.29 is 18.9 Å². The molecule has 2 unspecified atom stereocenters. The first-order valence-electron chi connectivity index (χ1n) is 5.75. The Morgan fingerprint density at radius 1 is 1.47 bits per heavy atom. The normalized spacial score (nSPS) is 17.3. The molecule has 0 fully saturated rings. The fourth-order valence-corrected chi connectivity index (χ4v) is 2.97. The number of hydrogen-bond acceptors (Lipinski definition) is 4. The summed E-state index contributed by atoms with van der Waals surface area (Å²) in [5.41, 5.74) is -1.30. The molecule has 0 saturated heterocycles. The monoisotopic (exact) mass is 282 g/mol. The molecule has 0 aliphatic heterocycles. The maximum Gasteiger partial charge on any atom is 0.319 e. The molecule has 1 N–H and O–H groups in total. The zero-order valence-corrected chi connectivity index (χ0v) is 12.9. The summed E-state index contributed by atoms with van der Waals surface area (Å²) in [5.74, 6) is -0.460. The second-order valence-electron chi connectivity index (χ2n) is 4.94. The average molecular weight is 282 g/mol. The van der Waals surface area contributed by atoms with Gasteiger partial charge in [0.25, 0.3) is 0 Å². The minimum absolute atomic E-state index is 0.460. The number of ether oxygens (including phenoxy) is 1. The van der Waals surface area contributed by atoms with E-state index in [2.05, 4.69) is 0 Å². The molecular weight excluding hydrogens is 259 g/mol. The van der Waals surface area contributed by atoms with Gasteiger partial charge in [-0.3, -0.25) is 4.79 Å². The van der Waals surface area contributed by atoms with E-state index < -0.39 is 23.7 Å². The first kappa shape index (κ1) is 17.0.